The molecule has 1 N–H and O–H groups in total. The summed E-state index contributed by atoms with van der Waals surface area (Å²) < 4.78 is 2.08. The fourth-order valence-corrected chi connectivity index (χ4v) is 2.69. The van der Waals surface area contributed by atoms with Crippen LogP contribution in [0.5, 0.6) is 0 Å². The highest BCUT2D eigenvalue weighted by atomic mass is 15.3. The van der Waals surface area contributed by atoms with Crippen LogP contribution in [-0.4, -0.2) is 16.8 Å². The minimum absolute atomic E-state index is 0.901. The van der Waals surface area contributed by atoms with Crippen LogP contribution in [0.2, 0.25) is 0 Å². The van der Waals surface area contributed by atoms with E-state index in [1.165, 1.54) is 28.1 Å². The highest BCUT2D eigenvalue weighted by Crippen LogP contribution is 2.21. The molecular weight excluding hydrogens is 234 g/mol. The van der Waals surface area contributed by atoms with Crippen LogP contribution in [0.25, 0.3) is 5.69 Å². The first-order chi connectivity index (χ1) is 9.08. The summed E-state index contributed by atoms with van der Waals surface area (Å²) in [5, 5.41) is 7.87. The average Bonchev–Trinajstić information content (AvgIpc) is 2.65. The van der Waals surface area contributed by atoms with Gasteiger partial charge in [0, 0.05) is 12.2 Å². The summed E-state index contributed by atoms with van der Waals surface area (Å²) in [6.07, 6.45) is 1.04. The maximum absolute atomic E-state index is 4.69. The molecule has 19 heavy (non-hydrogen) atoms. The lowest BCUT2D eigenvalue weighted by atomic mass is 10.1. The summed E-state index contributed by atoms with van der Waals surface area (Å²) in [6.45, 7) is 9.48. The van der Waals surface area contributed by atoms with Gasteiger partial charge >= 0.3 is 0 Å². The van der Waals surface area contributed by atoms with Gasteiger partial charge in [0.1, 0.15) is 0 Å². The molecular formula is C16H23N3. The van der Waals surface area contributed by atoms with Gasteiger partial charge in [0.2, 0.25) is 0 Å². The van der Waals surface area contributed by atoms with E-state index in [0.717, 1.165) is 18.7 Å². The van der Waals surface area contributed by atoms with Crippen molar-refractivity contribution in [3.05, 3.63) is 46.3 Å². The largest absolute Gasteiger partial charge is 0.316 e. The summed E-state index contributed by atoms with van der Waals surface area (Å²) in [6, 6.07) is 6.57. The predicted octanol–water partition coefficient (Wildman–Crippen LogP) is 3.08. The third-order valence-corrected chi connectivity index (χ3v) is 3.67. The first kappa shape index (κ1) is 13.8. The molecule has 0 radical (unpaired) electrons. The SMILES string of the molecule is CCc1c(C)nn(-c2ccc(CNC)cc2C)c1C. The van der Waals surface area contributed by atoms with Crippen molar-refractivity contribution in [3.8, 4) is 5.69 Å². The highest BCUT2D eigenvalue weighted by Gasteiger charge is 2.12. The van der Waals surface area contributed by atoms with Gasteiger partial charge in [-0.3, -0.25) is 0 Å². The molecule has 0 saturated carbocycles. The zero-order valence-corrected chi connectivity index (χ0v) is 12.5. The molecule has 3 heteroatoms. The molecule has 0 aliphatic heterocycles. The van der Waals surface area contributed by atoms with E-state index in [-0.39, 0.29) is 0 Å². The van der Waals surface area contributed by atoms with E-state index in [9.17, 15) is 0 Å². The summed E-state index contributed by atoms with van der Waals surface area (Å²) in [4.78, 5) is 0. The normalized spacial score (nSPS) is 11.0. The van der Waals surface area contributed by atoms with E-state index >= 15 is 0 Å². The molecule has 3 nitrogen and oxygen atoms in total. The molecule has 1 aromatic carbocycles. The Morgan fingerprint density at radius 2 is 1.95 bits per heavy atom. The van der Waals surface area contributed by atoms with Gasteiger partial charge in [0.15, 0.2) is 0 Å². The van der Waals surface area contributed by atoms with E-state index in [0.29, 0.717) is 0 Å². The lowest BCUT2D eigenvalue weighted by Crippen LogP contribution is -2.07. The molecule has 0 fully saturated rings. The van der Waals surface area contributed by atoms with E-state index in [1.54, 1.807) is 0 Å². The Morgan fingerprint density at radius 3 is 2.47 bits per heavy atom. The fraction of sp³-hybridized carbons (Fsp3) is 0.438. The van der Waals surface area contributed by atoms with Crippen LogP contribution in [-0.2, 0) is 13.0 Å². The molecule has 2 aromatic rings. The number of rotatable bonds is 4. The highest BCUT2D eigenvalue weighted by molar-refractivity contribution is 5.45. The van der Waals surface area contributed by atoms with E-state index in [2.05, 4.69) is 61.0 Å². The van der Waals surface area contributed by atoms with Gasteiger partial charge in [0.25, 0.3) is 0 Å². The lowest BCUT2D eigenvalue weighted by molar-refractivity contribution is 0.805. The predicted molar refractivity (Wildman–Crippen MR) is 79.9 cm³/mol. The Hall–Kier alpha value is -1.61. The van der Waals surface area contributed by atoms with Gasteiger partial charge in [0.05, 0.1) is 11.4 Å². The van der Waals surface area contributed by atoms with Crippen molar-refractivity contribution in [1.29, 1.82) is 0 Å². The van der Waals surface area contributed by atoms with Gasteiger partial charge in [-0.1, -0.05) is 19.1 Å². The Labute approximate surface area is 115 Å². The first-order valence-corrected chi connectivity index (χ1v) is 6.88. The maximum Gasteiger partial charge on any atom is 0.0678 e. The van der Waals surface area contributed by atoms with Crippen LogP contribution >= 0.6 is 0 Å². The number of aromatic nitrogens is 2. The van der Waals surface area contributed by atoms with Crippen LogP contribution < -0.4 is 5.32 Å². The van der Waals surface area contributed by atoms with Gasteiger partial charge < -0.3 is 5.32 Å². The van der Waals surface area contributed by atoms with Gasteiger partial charge in [-0.2, -0.15) is 5.10 Å². The molecule has 0 bridgehead atoms. The summed E-state index contributed by atoms with van der Waals surface area (Å²) in [7, 11) is 1.97. The summed E-state index contributed by atoms with van der Waals surface area (Å²) >= 11 is 0. The minimum Gasteiger partial charge on any atom is -0.316 e. The lowest BCUT2D eigenvalue weighted by Gasteiger charge is -2.10. The van der Waals surface area contributed by atoms with Crippen LogP contribution in [0.15, 0.2) is 18.2 Å². The third kappa shape index (κ3) is 2.56. The zero-order chi connectivity index (χ0) is 14.0. The number of aryl methyl sites for hydroxylation is 2. The third-order valence-electron chi connectivity index (χ3n) is 3.67. The van der Waals surface area contributed by atoms with Gasteiger partial charge in [-0.05, 0) is 57.0 Å². The molecule has 0 unspecified atom stereocenters. The average molecular weight is 257 g/mol. The fourth-order valence-electron chi connectivity index (χ4n) is 2.69. The topological polar surface area (TPSA) is 29.9 Å². The quantitative estimate of drug-likeness (QED) is 0.912. The van der Waals surface area contributed by atoms with Crippen LogP contribution in [0.1, 0.15) is 35.0 Å². The van der Waals surface area contributed by atoms with E-state index in [4.69, 9.17) is 0 Å². The van der Waals surface area contributed by atoms with Gasteiger partial charge in [-0.25, -0.2) is 4.68 Å². The second-order valence-corrected chi connectivity index (χ2v) is 5.07. The summed E-state index contributed by atoms with van der Waals surface area (Å²) in [5.74, 6) is 0. The Kier molecular flexibility index (Phi) is 4.05. The standard InChI is InChI=1S/C16H23N3/c1-6-15-12(3)18-19(13(15)4)16-8-7-14(10-17-5)9-11(16)2/h7-9,17H,6,10H2,1-5H3. The van der Waals surface area contributed by atoms with E-state index < -0.39 is 0 Å². The number of nitrogens with zero attached hydrogens (tertiary/aromatic N) is 2. The monoisotopic (exact) mass is 257 g/mol. The van der Waals surface area contributed by atoms with Crippen molar-refractivity contribution in [2.45, 2.75) is 40.7 Å². The molecule has 2 rings (SSSR count). The minimum atomic E-state index is 0.901. The Balaban J connectivity index is 2.47. The molecule has 0 atom stereocenters. The molecule has 102 valence electrons. The summed E-state index contributed by atoms with van der Waals surface area (Å²) in [5.41, 5.74) is 7.50. The van der Waals surface area contributed by atoms with Crippen molar-refractivity contribution in [1.82, 2.24) is 15.1 Å². The maximum atomic E-state index is 4.69. The number of nitrogens with one attached hydrogen (secondary N) is 1. The van der Waals surface area contributed by atoms with Gasteiger partial charge in [-0.15, -0.1) is 0 Å². The molecule has 1 heterocycles. The van der Waals surface area contributed by atoms with Crippen LogP contribution in [0, 0.1) is 20.8 Å². The number of benzene rings is 1. The Morgan fingerprint density at radius 1 is 1.21 bits per heavy atom. The van der Waals surface area contributed by atoms with Crippen molar-refractivity contribution in [3.63, 3.8) is 0 Å². The second-order valence-electron chi connectivity index (χ2n) is 5.07. The molecule has 0 saturated heterocycles. The second kappa shape index (κ2) is 5.57. The van der Waals surface area contributed by atoms with Crippen molar-refractivity contribution in [2.75, 3.05) is 7.05 Å². The molecule has 0 aliphatic rings. The number of hydrogen-bond acceptors (Lipinski definition) is 2. The number of hydrogen-bond donors (Lipinski definition) is 1. The Bertz CT molecular complexity index is 582. The smallest absolute Gasteiger partial charge is 0.0678 e. The van der Waals surface area contributed by atoms with Crippen molar-refractivity contribution >= 4 is 0 Å². The molecule has 1 aromatic heterocycles. The van der Waals surface area contributed by atoms with Crippen molar-refractivity contribution in [2.24, 2.45) is 0 Å². The molecule has 0 amide bonds. The zero-order valence-electron chi connectivity index (χ0n) is 12.5. The molecule has 0 spiro atoms. The van der Waals surface area contributed by atoms with E-state index in [1.807, 2.05) is 7.05 Å². The van der Waals surface area contributed by atoms with Crippen LogP contribution in [0.3, 0.4) is 0 Å². The van der Waals surface area contributed by atoms with Crippen molar-refractivity contribution < 1.29 is 0 Å². The van der Waals surface area contributed by atoms with Crippen LogP contribution in [0.4, 0.5) is 0 Å². The molecule has 0 aliphatic carbocycles. The first-order valence-electron chi connectivity index (χ1n) is 6.88.